The summed E-state index contributed by atoms with van der Waals surface area (Å²) in [4.78, 5) is 18.5. The summed E-state index contributed by atoms with van der Waals surface area (Å²) in [5.74, 6) is 0.461. The predicted molar refractivity (Wildman–Crippen MR) is 90.0 cm³/mol. The molecule has 1 atom stereocenters. The van der Waals surface area contributed by atoms with Gasteiger partial charge >= 0.3 is 6.09 Å². The monoisotopic (exact) mass is 312 g/mol. The van der Waals surface area contributed by atoms with Crippen LogP contribution in [0.1, 0.15) is 59.8 Å². The average Bonchev–Trinajstić information content (AvgIpc) is 2.44. The topological polar surface area (TPSA) is 80.0 Å². The maximum Gasteiger partial charge on any atom is 0.410 e. The summed E-state index contributed by atoms with van der Waals surface area (Å²) in [5.41, 5.74) is 5.39. The molecule has 0 radical (unpaired) electrons. The molecule has 0 bridgehead atoms. The summed E-state index contributed by atoms with van der Waals surface area (Å²) < 4.78 is 5.49. The van der Waals surface area contributed by atoms with Gasteiger partial charge in [0.25, 0.3) is 0 Å². The van der Waals surface area contributed by atoms with Gasteiger partial charge in [0, 0.05) is 13.1 Å². The van der Waals surface area contributed by atoms with E-state index < -0.39 is 5.60 Å². The van der Waals surface area contributed by atoms with E-state index in [9.17, 15) is 4.79 Å². The number of carbonyl (C=O) groups is 1. The summed E-state index contributed by atoms with van der Waals surface area (Å²) >= 11 is 0. The van der Waals surface area contributed by atoms with E-state index in [2.05, 4.69) is 17.2 Å². The molecule has 1 amide bonds. The molecule has 1 unspecified atom stereocenters. The van der Waals surface area contributed by atoms with Gasteiger partial charge in [-0.2, -0.15) is 0 Å². The number of nitrogens with one attached hydrogen (secondary N) is 1. The number of hydrogen-bond acceptors (Lipinski definition) is 3. The van der Waals surface area contributed by atoms with Gasteiger partial charge in [-0.15, -0.1) is 0 Å². The summed E-state index contributed by atoms with van der Waals surface area (Å²) in [5, 5.41) is 3.10. The first-order chi connectivity index (χ1) is 10.3. The van der Waals surface area contributed by atoms with Crippen LogP contribution in [-0.4, -0.2) is 48.2 Å². The fourth-order valence-corrected chi connectivity index (χ4v) is 2.40. The second kappa shape index (κ2) is 8.86. The Morgan fingerprint density at radius 2 is 2.14 bits per heavy atom. The van der Waals surface area contributed by atoms with Crippen LogP contribution in [-0.2, 0) is 4.74 Å². The van der Waals surface area contributed by atoms with Gasteiger partial charge in [0.1, 0.15) is 5.60 Å². The second-order valence-electron chi connectivity index (χ2n) is 6.83. The molecule has 1 aliphatic heterocycles. The molecule has 3 N–H and O–H groups in total. The molecule has 1 saturated heterocycles. The molecule has 22 heavy (non-hydrogen) atoms. The first-order valence-electron chi connectivity index (χ1n) is 8.37. The van der Waals surface area contributed by atoms with E-state index in [0.29, 0.717) is 12.5 Å². The normalized spacial score (nSPS) is 19.9. The van der Waals surface area contributed by atoms with Gasteiger partial charge < -0.3 is 20.7 Å². The van der Waals surface area contributed by atoms with Crippen molar-refractivity contribution in [2.24, 2.45) is 10.7 Å². The summed E-state index contributed by atoms with van der Waals surface area (Å²) in [6.07, 6.45) is 5.03. The first kappa shape index (κ1) is 18.6. The Labute approximate surface area is 134 Å². The van der Waals surface area contributed by atoms with Crippen LogP contribution >= 0.6 is 0 Å². The Morgan fingerprint density at radius 1 is 1.41 bits per heavy atom. The van der Waals surface area contributed by atoms with Gasteiger partial charge in [-0.25, -0.2) is 4.79 Å². The van der Waals surface area contributed by atoms with E-state index in [4.69, 9.17) is 10.5 Å². The number of carbonyl (C=O) groups excluding carboxylic acids is 1. The minimum absolute atomic E-state index is 0.0788. The molecule has 6 heteroatoms. The van der Waals surface area contributed by atoms with Crippen molar-refractivity contribution in [2.45, 2.75) is 71.4 Å². The molecular weight excluding hydrogens is 280 g/mol. The molecule has 0 aromatic heterocycles. The molecule has 128 valence electrons. The van der Waals surface area contributed by atoms with Gasteiger partial charge in [-0.1, -0.05) is 13.3 Å². The van der Waals surface area contributed by atoms with E-state index in [-0.39, 0.29) is 12.1 Å². The molecule has 0 aromatic rings. The SMILES string of the molecule is CCCCNC(N)=NCC1CCCCN1C(=O)OC(C)(C)C. The standard InChI is InChI=1S/C16H32N4O2/c1-5-6-10-18-14(17)19-12-13-9-7-8-11-20(13)15(21)22-16(2,3)4/h13H,5-12H2,1-4H3,(H3,17,18,19). The molecule has 0 aliphatic carbocycles. The number of amides is 1. The van der Waals surface area contributed by atoms with Crippen LogP contribution in [0.25, 0.3) is 0 Å². The summed E-state index contributed by atoms with van der Waals surface area (Å²) in [6.45, 7) is 9.90. The van der Waals surface area contributed by atoms with Gasteiger partial charge in [0.05, 0.1) is 12.6 Å². The maximum absolute atomic E-state index is 12.3. The fraction of sp³-hybridized carbons (Fsp3) is 0.875. The number of likely N-dealkylation sites (tertiary alicyclic amines) is 1. The van der Waals surface area contributed by atoms with E-state index in [1.807, 2.05) is 20.8 Å². The van der Waals surface area contributed by atoms with Crippen LogP contribution in [0.3, 0.4) is 0 Å². The van der Waals surface area contributed by atoms with Crippen molar-refractivity contribution >= 4 is 12.1 Å². The van der Waals surface area contributed by atoms with Gasteiger partial charge in [-0.05, 0) is 46.5 Å². The van der Waals surface area contributed by atoms with Crippen molar-refractivity contribution in [2.75, 3.05) is 19.6 Å². The van der Waals surface area contributed by atoms with Crippen molar-refractivity contribution in [1.82, 2.24) is 10.2 Å². The van der Waals surface area contributed by atoms with E-state index in [1.54, 1.807) is 4.90 Å². The Morgan fingerprint density at radius 3 is 2.77 bits per heavy atom. The highest BCUT2D eigenvalue weighted by Crippen LogP contribution is 2.20. The molecule has 1 rings (SSSR count). The zero-order valence-corrected chi connectivity index (χ0v) is 14.5. The molecule has 1 heterocycles. The van der Waals surface area contributed by atoms with Crippen LogP contribution in [0.2, 0.25) is 0 Å². The minimum Gasteiger partial charge on any atom is -0.444 e. The van der Waals surface area contributed by atoms with Crippen LogP contribution in [0, 0.1) is 0 Å². The molecule has 1 aliphatic rings. The van der Waals surface area contributed by atoms with Crippen LogP contribution in [0.4, 0.5) is 4.79 Å². The van der Waals surface area contributed by atoms with Crippen LogP contribution in [0.5, 0.6) is 0 Å². The molecule has 0 spiro atoms. The largest absolute Gasteiger partial charge is 0.444 e. The number of unbranched alkanes of at least 4 members (excludes halogenated alkanes) is 1. The first-order valence-corrected chi connectivity index (χ1v) is 8.37. The Kier molecular flexibility index (Phi) is 7.48. The van der Waals surface area contributed by atoms with E-state index in [1.165, 1.54) is 0 Å². The lowest BCUT2D eigenvalue weighted by Crippen LogP contribution is -2.48. The number of aliphatic imine (C=N–C) groups is 1. The van der Waals surface area contributed by atoms with Crippen LogP contribution < -0.4 is 11.1 Å². The number of ether oxygens (including phenoxy) is 1. The maximum atomic E-state index is 12.3. The van der Waals surface area contributed by atoms with Crippen molar-refractivity contribution in [3.05, 3.63) is 0 Å². The Balaban J connectivity index is 2.54. The van der Waals surface area contributed by atoms with E-state index in [0.717, 1.165) is 45.2 Å². The summed E-state index contributed by atoms with van der Waals surface area (Å²) in [6, 6.07) is 0.0788. The number of nitrogens with two attached hydrogens (primary N) is 1. The quantitative estimate of drug-likeness (QED) is 0.464. The highest BCUT2D eigenvalue weighted by atomic mass is 16.6. The van der Waals surface area contributed by atoms with Crippen LogP contribution in [0.15, 0.2) is 4.99 Å². The third-order valence-electron chi connectivity index (χ3n) is 3.56. The average molecular weight is 312 g/mol. The zero-order chi connectivity index (χ0) is 16.6. The Bertz CT molecular complexity index is 377. The smallest absolute Gasteiger partial charge is 0.410 e. The molecule has 0 aromatic carbocycles. The van der Waals surface area contributed by atoms with Crippen molar-refractivity contribution in [3.8, 4) is 0 Å². The number of piperidine rings is 1. The van der Waals surface area contributed by atoms with Gasteiger partial charge in [0.2, 0.25) is 0 Å². The van der Waals surface area contributed by atoms with Crippen molar-refractivity contribution < 1.29 is 9.53 Å². The lowest BCUT2D eigenvalue weighted by molar-refractivity contribution is 0.0110. The predicted octanol–water partition coefficient (Wildman–Crippen LogP) is 2.48. The Hall–Kier alpha value is -1.46. The number of nitrogens with zero attached hydrogens (tertiary/aromatic N) is 2. The molecule has 0 saturated carbocycles. The molecular formula is C16H32N4O2. The minimum atomic E-state index is -0.469. The number of hydrogen-bond donors (Lipinski definition) is 2. The summed E-state index contributed by atoms with van der Waals surface area (Å²) in [7, 11) is 0. The molecule has 1 fully saturated rings. The lowest BCUT2D eigenvalue weighted by atomic mass is 10.0. The van der Waals surface area contributed by atoms with Gasteiger partial charge in [-0.3, -0.25) is 4.99 Å². The number of rotatable bonds is 5. The highest BCUT2D eigenvalue weighted by molar-refractivity contribution is 5.77. The molecule has 6 nitrogen and oxygen atoms in total. The number of guanidine groups is 1. The third-order valence-corrected chi connectivity index (χ3v) is 3.56. The zero-order valence-electron chi connectivity index (χ0n) is 14.5. The fourth-order valence-electron chi connectivity index (χ4n) is 2.40. The van der Waals surface area contributed by atoms with E-state index >= 15 is 0 Å². The van der Waals surface area contributed by atoms with Gasteiger partial charge in [0.15, 0.2) is 5.96 Å². The van der Waals surface area contributed by atoms with Crippen molar-refractivity contribution in [1.29, 1.82) is 0 Å². The highest BCUT2D eigenvalue weighted by Gasteiger charge is 2.30. The second-order valence-corrected chi connectivity index (χ2v) is 6.83. The lowest BCUT2D eigenvalue weighted by Gasteiger charge is -2.36. The van der Waals surface area contributed by atoms with Crippen molar-refractivity contribution in [3.63, 3.8) is 0 Å². The third kappa shape index (κ3) is 7.00.